The van der Waals surface area contributed by atoms with Crippen LogP contribution in [0.15, 0.2) is 115 Å². The summed E-state index contributed by atoms with van der Waals surface area (Å²) in [4.78, 5) is 67.2. The fraction of sp³-hybridized carbons (Fsp3) is 0.444. The molecule has 0 spiro atoms. The number of allylic oxidation sites excluding steroid dienone is 1. The van der Waals surface area contributed by atoms with Crippen molar-refractivity contribution in [2.24, 2.45) is 10.7 Å². The Labute approximate surface area is 609 Å². The van der Waals surface area contributed by atoms with Gasteiger partial charge in [-0.3, -0.25) is 24.3 Å². The summed E-state index contributed by atoms with van der Waals surface area (Å²) in [6, 6.07) is 30.2. The first-order valence-electron chi connectivity index (χ1n) is 36.3. The van der Waals surface area contributed by atoms with Gasteiger partial charge in [-0.2, -0.15) is 5.10 Å². The highest BCUT2D eigenvalue weighted by molar-refractivity contribution is 6.10. The van der Waals surface area contributed by atoms with Crippen LogP contribution < -0.4 is 60.4 Å². The summed E-state index contributed by atoms with van der Waals surface area (Å²) in [7, 11) is 15.3. The molecule has 3 amide bonds. The van der Waals surface area contributed by atoms with Gasteiger partial charge in [0.2, 0.25) is 5.75 Å². The minimum atomic E-state index is -0.443. The quantitative estimate of drug-likeness (QED) is 0.0415. The van der Waals surface area contributed by atoms with Crippen molar-refractivity contribution in [3.8, 4) is 34.1 Å². The molecule has 5 heterocycles. The zero-order valence-electron chi connectivity index (χ0n) is 63.2. The van der Waals surface area contributed by atoms with Gasteiger partial charge in [0.15, 0.2) is 11.5 Å². The third-order valence-corrected chi connectivity index (χ3v) is 21.3. The normalized spacial score (nSPS) is 17.5. The van der Waals surface area contributed by atoms with E-state index in [-0.39, 0.29) is 30.4 Å². The number of aromatic nitrogens is 2. The lowest BCUT2D eigenvalue weighted by molar-refractivity contribution is 0.0930. The summed E-state index contributed by atoms with van der Waals surface area (Å²) in [6.07, 6.45) is 8.27. The van der Waals surface area contributed by atoms with Gasteiger partial charge in [-0.15, -0.1) is 0 Å². The van der Waals surface area contributed by atoms with E-state index in [1.54, 1.807) is 33.7 Å². The molecule has 22 nitrogen and oxygen atoms in total. The number of aryl methyl sites for hydroxylation is 1. The number of ether oxygens (including phenoxy) is 4. The molecular formula is C81H107N15O7. The zero-order chi connectivity index (χ0) is 73.3. The van der Waals surface area contributed by atoms with Gasteiger partial charge in [-0.05, 0) is 204 Å². The Balaban J connectivity index is 0.871. The molecule has 5 N–H and O–H groups in total. The van der Waals surface area contributed by atoms with Crippen LogP contribution in [-0.2, 0) is 11.3 Å². The number of hydrogen-bond donors (Lipinski definition) is 4. The van der Waals surface area contributed by atoms with E-state index in [0.29, 0.717) is 66.3 Å². The van der Waals surface area contributed by atoms with Crippen LogP contribution in [0.5, 0.6) is 17.2 Å². The van der Waals surface area contributed by atoms with E-state index in [1.807, 2.05) is 114 Å². The van der Waals surface area contributed by atoms with E-state index in [2.05, 4.69) is 138 Å². The second-order valence-corrected chi connectivity index (χ2v) is 28.4. The topological polar surface area (TPSA) is 206 Å². The number of benzene rings is 6. The molecule has 103 heavy (non-hydrogen) atoms. The van der Waals surface area contributed by atoms with Gasteiger partial charge >= 0.3 is 0 Å². The van der Waals surface area contributed by atoms with Crippen molar-refractivity contribution >= 4 is 57.9 Å². The van der Waals surface area contributed by atoms with Crippen LogP contribution in [0.3, 0.4) is 0 Å². The van der Waals surface area contributed by atoms with Gasteiger partial charge < -0.3 is 74.9 Å². The van der Waals surface area contributed by atoms with E-state index in [1.165, 1.54) is 0 Å². The van der Waals surface area contributed by atoms with Crippen LogP contribution in [0.1, 0.15) is 128 Å². The lowest BCUT2D eigenvalue weighted by Gasteiger charge is -2.40. The molecule has 4 atom stereocenters. The zero-order valence-corrected chi connectivity index (χ0v) is 63.2. The monoisotopic (exact) mass is 1400 g/mol. The van der Waals surface area contributed by atoms with Crippen molar-refractivity contribution in [1.29, 1.82) is 0 Å². The number of likely N-dealkylation sites (N-methyl/N-ethyl adjacent to an activating group) is 3. The van der Waals surface area contributed by atoms with Crippen molar-refractivity contribution in [2.45, 2.75) is 85.7 Å². The number of methoxy groups -OCH3 is 2. The number of aliphatic imine (C=N–C) groups is 1. The molecule has 4 fully saturated rings. The Morgan fingerprint density at radius 2 is 1.19 bits per heavy atom. The molecule has 22 heteroatoms. The Hall–Kier alpha value is -9.61. The first kappa shape index (κ1) is 74.6. The molecule has 7 aromatic rings. The van der Waals surface area contributed by atoms with Crippen molar-refractivity contribution in [2.75, 3.05) is 179 Å². The van der Waals surface area contributed by atoms with Crippen molar-refractivity contribution in [3.05, 3.63) is 171 Å². The predicted molar refractivity (Wildman–Crippen MR) is 416 cm³/mol. The number of nitrogens with two attached hydrogens (primary N) is 1. The maximum atomic E-state index is 15.3. The van der Waals surface area contributed by atoms with Crippen LogP contribution in [-0.4, -0.2) is 209 Å². The minimum absolute atomic E-state index is 0.105. The van der Waals surface area contributed by atoms with Gasteiger partial charge in [-0.1, -0.05) is 13.0 Å². The summed E-state index contributed by atoms with van der Waals surface area (Å²) >= 11 is 0. The molecule has 0 aliphatic carbocycles. The molecule has 0 saturated carbocycles. The number of anilines is 5. The number of piperazine rings is 3. The van der Waals surface area contributed by atoms with Crippen molar-refractivity contribution in [1.82, 2.24) is 40.4 Å². The van der Waals surface area contributed by atoms with Crippen LogP contribution in [0.2, 0.25) is 0 Å². The summed E-state index contributed by atoms with van der Waals surface area (Å²) < 4.78 is 26.5. The molecule has 6 aromatic carbocycles. The van der Waals surface area contributed by atoms with E-state index in [4.69, 9.17) is 29.8 Å². The molecule has 548 valence electrons. The van der Waals surface area contributed by atoms with Crippen molar-refractivity contribution < 1.29 is 33.3 Å². The van der Waals surface area contributed by atoms with Crippen LogP contribution >= 0.6 is 0 Å². The first-order valence-corrected chi connectivity index (χ1v) is 36.3. The number of nitrogens with one attached hydrogen (secondary N) is 3. The summed E-state index contributed by atoms with van der Waals surface area (Å²) in [6.45, 7) is 26.4. The molecule has 0 radical (unpaired) electrons. The number of carbonyl (C=O) groups excluding carboxylic acids is 3. The molecule has 0 unspecified atom stereocenters. The number of hydrogen-bond acceptors (Lipinski definition) is 18. The van der Waals surface area contributed by atoms with Crippen LogP contribution in [0.25, 0.3) is 22.4 Å². The minimum Gasteiger partial charge on any atom is -0.493 e. The van der Waals surface area contributed by atoms with Crippen LogP contribution in [0, 0.1) is 20.8 Å². The number of morpholine rings is 1. The van der Waals surface area contributed by atoms with Gasteiger partial charge in [0.05, 0.1) is 57.4 Å². The fourth-order valence-electron chi connectivity index (χ4n) is 14.3. The van der Waals surface area contributed by atoms with Gasteiger partial charge in [0.1, 0.15) is 6.61 Å². The van der Waals surface area contributed by atoms with E-state index >= 15 is 4.79 Å². The Bertz CT molecular complexity index is 4240. The Kier molecular flexibility index (Phi) is 24.1. The third-order valence-electron chi connectivity index (χ3n) is 21.3. The summed E-state index contributed by atoms with van der Waals surface area (Å²) in [5.74, 6) is 0.725. The second-order valence-electron chi connectivity index (χ2n) is 28.4. The summed E-state index contributed by atoms with van der Waals surface area (Å²) in [5, 5.41) is 15.1. The molecule has 1 aromatic heterocycles. The maximum absolute atomic E-state index is 15.3. The van der Waals surface area contributed by atoms with Gasteiger partial charge in [-0.25, -0.2) is 4.68 Å². The number of rotatable bonds is 24. The Morgan fingerprint density at radius 1 is 0.631 bits per heavy atom. The molecule has 11 rings (SSSR count). The lowest BCUT2D eigenvalue weighted by atomic mass is 9.97. The SMILES string of the molecule is CC[C@@H]1CN(c2ccc(C)c(C(=O)N[C@H](C)c3cc(OC)c(OC)c(OCc4cc(N5CCN(C)CC5)cc(C(=O)N[C@H](C)c5cc(-c6cnn(-c7cc(N8CCN(C)CC8)cc(C(=O)N[C@H](C)c8cc(C(C=NC)=CN)cc(N(C)C)c8)c7C)c6)cc(N6CCOCC6)c5)c4C)c3)c2)CCN1C. The highest BCUT2D eigenvalue weighted by Gasteiger charge is 2.29. The second kappa shape index (κ2) is 33.2. The van der Waals surface area contributed by atoms with Gasteiger partial charge in [0, 0.05) is 187 Å². The number of amides is 3. The van der Waals surface area contributed by atoms with Gasteiger partial charge in [0.25, 0.3) is 17.7 Å². The Morgan fingerprint density at radius 3 is 1.80 bits per heavy atom. The smallest absolute Gasteiger partial charge is 0.252 e. The molecule has 4 saturated heterocycles. The largest absolute Gasteiger partial charge is 0.493 e. The molecular weight excluding hydrogens is 1290 g/mol. The number of nitrogens with zero attached hydrogens (tertiary/aromatic N) is 11. The predicted octanol–water partition coefficient (Wildman–Crippen LogP) is 10.5. The third kappa shape index (κ3) is 17.2. The fourth-order valence-corrected chi connectivity index (χ4v) is 14.3. The average molecular weight is 1400 g/mol. The van der Waals surface area contributed by atoms with E-state index in [0.717, 1.165) is 174 Å². The summed E-state index contributed by atoms with van der Waals surface area (Å²) in [5.41, 5.74) is 22.9. The lowest BCUT2D eigenvalue weighted by Crippen LogP contribution is -2.51. The average Bonchev–Trinajstić information content (AvgIpc) is 1.78. The van der Waals surface area contributed by atoms with E-state index in [9.17, 15) is 9.59 Å². The molecule has 0 bridgehead atoms. The highest BCUT2D eigenvalue weighted by Crippen LogP contribution is 2.42. The molecule has 4 aliphatic heterocycles. The van der Waals surface area contributed by atoms with Crippen LogP contribution in [0.4, 0.5) is 28.4 Å². The van der Waals surface area contributed by atoms with Crippen molar-refractivity contribution in [3.63, 3.8) is 0 Å². The standard InChI is InChI=1S/C81H107N15O7/c1-16-66-50-95(28-23-91(66)13)67-18-17-52(2)72(42-67)79(97)85-57(7)60-40-76(100-14)78(101-15)77(41-60)103-51-63-39-70(92-24-19-89(11)20-25-92)43-73(53(63)3)80(98)86-56(6)59-34-62(38-69(36-59)94-29-31-102-32-30-94)65-48-84-96(49-65)75-45-71(93-26-21-90(12)22-27-93)44-74(54(75)4)81(99)87-55(5)58-33-61(64(46-82)47-83-8)37-68(35-58)88(9)10/h17-18,33-49,55-57,66H,16,19-32,50-51,82H2,1-15H3,(H,85,97)(H,86,98)(H,87,99)/t55-,56-,57-,66-/m1/s1. The maximum Gasteiger partial charge on any atom is 0.252 e. The van der Waals surface area contributed by atoms with E-state index < -0.39 is 12.1 Å². The molecule has 4 aliphatic rings. The highest BCUT2D eigenvalue weighted by atomic mass is 16.5. The first-order chi connectivity index (χ1) is 49.5. The number of carbonyl (C=O) groups is 3.